The number of carbonyl (C=O) groups is 1. The number of ether oxygens (including phenoxy) is 3. The van der Waals surface area contributed by atoms with Crippen molar-refractivity contribution >= 4 is 33.1 Å². The molecule has 2 atom stereocenters. The number of morpholine rings is 1. The second-order valence-electron chi connectivity index (χ2n) is 8.38. The lowest BCUT2D eigenvalue weighted by Gasteiger charge is -2.35. The summed E-state index contributed by atoms with van der Waals surface area (Å²) in [5.41, 5.74) is 2.69. The van der Waals surface area contributed by atoms with Gasteiger partial charge in [-0.15, -0.1) is 11.3 Å². The van der Waals surface area contributed by atoms with Crippen molar-refractivity contribution in [1.29, 1.82) is 0 Å². The van der Waals surface area contributed by atoms with Gasteiger partial charge in [-0.3, -0.25) is 9.69 Å². The van der Waals surface area contributed by atoms with Crippen LogP contribution in [0, 0.1) is 6.92 Å². The predicted octanol–water partition coefficient (Wildman–Crippen LogP) is 4.02. The van der Waals surface area contributed by atoms with E-state index in [0.717, 1.165) is 41.8 Å². The van der Waals surface area contributed by atoms with E-state index in [-0.39, 0.29) is 24.7 Å². The number of hydrogen-bond donors (Lipinski definition) is 1. The highest BCUT2D eigenvalue weighted by Crippen LogP contribution is 2.35. The molecule has 176 valence electrons. The van der Waals surface area contributed by atoms with Crippen LogP contribution in [0.4, 0.5) is 5.69 Å². The van der Waals surface area contributed by atoms with Crippen molar-refractivity contribution < 1.29 is 19.0 Å². The summed E-state index contributed by atoms with van der Waals surface area (Å²) < 4.78 is 16.5. The molecule has 33 heavy (non-hydrogen) atoms. The number of aromatic nitrogens is 2. The van der Waals surface area contributed by atoms with E-state index in [1.54, 1.807) is 14.2 Å². The molecule has 0 spiro atoms. The Bertz CT molecular complexity index is 1140. The van der Waals surface area contributed by atoms with Crippen molar-refractivity contribution in [3.63, 3.8) is 0 Å². The van der Waals surface area contributed by atoms with Crippen LogP contribution < -0.4 is 10.1 Å². The van der Waals surface area contributed by atoms with Gasteiger partial charge in [0.25, 0.3) is 5.91 Å². The zero-order chi connectivity index (χ0) is 23.5. The topological polar surface area (TPSA) is 85.8 Å². The molecule has 4 rings (SSSR count). The monoisotopic (exact) mass is 470 g/mol. The van der Waals surface area contributed by atoms with Gasteiger partial charge >= 0.3 is 0 Å². The molecule has 1 fully saturated rings. The summed E-state index contributed by atoms with van der Waals surface area (Å²) in [5, 5.41) is 3.88. The first-order chi connectivity index (χ1) is 15.9. The van der Waals surface area contributed by atoms with Gasteiger partial charge in [0.2, 0.25) is 5.88 Å². The minimum atomic E-state index is -0.165. The van der Waals surface area contributed by atoms with Crippen molar-refractivity contribution in [2.24, 2.45) is 0 Å². The van der Waals surface area contributed by atoms with Crippen molar-refractivity contribution in [2.45, 2.75) is 46.1 Å². The molecule has 9 heteroatoms. The first-order valence-corrected chi connectivity index (χ1v) is 11.8. The zero-order valence-corrected chi connectivity index (χ0v) is 20.5. The van der Waals surface area contributed by atoms with Crippen LogP contribution in [0.25, 0.3) is 10.2 Å². The molecule has 3 aromatic rings. The highest BCUT2D eigenvalue weighted by molar-refractivity contribution is 7.20. The molecule has 0 saturated carbocycles. The number of thiophene rings is 1. The van der Waals surface area contributed by atoms with Gasteiger partial charge in [-0.1, -0.05) is 18.2 Å². The van der Waals surface area contributed by atoms with Crippen molar-refractivity contribution in [3.05, 3.63) is 46.1 Å². The van der Waals surface area contributed by atoms with Gasteiger partial charge in [-0.2, -0.15) is 4.98 Å². The van der Waals surface area contributed by atoms with Gasteiger partial charge in [0.05, 0.1) is 29.6 Å². The quantitative estimate of drug-likeness (QED) is 0.558. The van der Waals surface area contributed by atoms with Gasteiger partial charge in [-0.05, 0) is 38.0 Å². The second kappa shape index (κ2) is 10.1. The third-order valence-corrected chi connectivity index (χ3v) is 6.82. The fraction of sp³-hybridized carbons (Fsp3) is 0.458. The fourth-order valence-electron chi connectivity index (χ4n) is 4.32. The maximum Gasteiger partial charge on any atom is 0.266 e. The minimum absolute atomic E-state index is 0.165. The number of amides is 1. The van der Waals surface area contributed by atoms with E-state index < -0.39 is 0 Å². The van der Waals surface area contributed by atoms with Crippen LogP contribution in [0.1, 0.15) is 40.5 Å². The van der Waals surface area contributed by atoms with Crippen LogP contribution in [0.15, 0.2) is 24.3 Å². The number of nitrogens with one attached hydrogen (secondary N) is 1. The molecule has 3 heterocycles. The van der Waals surface area contributed by atoms with Crippen LogP contribution in [0.3, 0.4) is 0 Å². The normalized spacial score (nSPS) is 19.1. The summed E-state index contributed by atoms with van der Waals surface area (Å²) in [5.74, 6) is 0.812. The summed E-state index contributed by atoms with van der Waals surface area (Å²) in [7, 11) is 3.16. The second-order valence-corrected chi connectivity index (χ2v) is 9.38. The van der Waals surface area contributed by atoms with E-state index >= 15 is 0 Å². The summed E-state index contributed by atoms with van der Waals surface area (Å²) >= 11 is 1.34. The van der Waals surface area contributed by atoms with Crippen molar-refractivity contribution in [3.8, 4) is 5.88 Å². The smallest absolute Gasteiger partial charge is 0.266 e. The number of benzene rings is 1. The van der Waals surface area contributed by atoms with E-state index in [0.29, 0.717) is 21.4 Å². The Labute approximate surface area is 197 Å². The van der Waals surface area contributed by atoms with Crippen LogP contribution in [-0.4, -0.2) is 60.3 Å². The van der Waals surface area contributed by atoms with E-state index in [1.807, 2.05) is 25.1 Å². The maximum atomic E-state index is 13.3. The van der Waals surface area contributed by atoms with Gasteiger partial charge < -0.3 is 19.5 Å². The Hall–Kier alpha value is -2.59. The molecule has 1 N–H and O–H groups in total. The molecule has 1 saturated heterocycles. The lowest BCUT2D eigenvalue weighted by Crippen LogP contribution is -2.44. The van der Waals surface area contributed by atoms with Crippen molar-refractivity contribution in [1.82, 2.24) is 14.9 Å². The van der Waals surface area contributed by atoms with E-state index in [2.05, 4.69) is 40.1 Å². The number of methoxy groups -OCH3 is 2. The average Bonchev–Trinajstić information content (AvgIpc) is 3.10. The Balaban J connectivity index is 1.59. The summed E-state index contributed by atoms with van der Waals surface area (Å²) in [6.45, 7) is 8.84. The van der Waals surface area contributed by atoms with Gasteiger partial charge in [0.1, 0.15) is 11.4 Å². The lowest BCUT2D eigenvalue weighted by molar-refractivity contribution is -0.0704. The molecule has 0 bridgehead atoms. The summed E-state index contributed by atoms with van der Waals surface area (Å²) in [6.07, 6.45) is 0.381. The van der Waals surface area contributed by atoms with E-state index in [4.69, 9.17) is 14.2 Å². The van der Waals surface area contributed by atoms with Crippen molar-refractivity contribution in [2.75, 3.05) is 32.6 Å². The minimum Gasteiger partial charge on any atom is -0.480 e. The maximum absolute atomic E-state index is 13.3. The molecule has 2 unspecified atom stereocenters. The molecule has 1 aliphatic heterocycles. The highest BCUT2D eigenvalue weighted by Gasteiger charge is 2.24. The Morgan fingerprint density at radius 2 is 1.94 bits per heavy atom. The molecule has 0 aliphatic carbocycles. The number of aryl methyl sites for hydroxylation is 1. The Morgan fingerprint density at radius 3 is 2.64 bits per heavy atom. The highest BCUT2D eigenvalue weighted by atomic mass is 32.1. The third kappa shape index (κ3) is 5.16. The molecule has 1 amide bonds. The number of carbonyl (C=O) groups excluding carboxylic acids is 1. The van der Waals surface area contributed by atoms with Gasteiger partial charge in [-0.25, -0.2) is 4.98 Å². The average molecular weight is 471 g/mol. The van der Waals surface area contributed by atoms with E-state index in [1.165, 1.54) is 11.3 Å². The molecule has 0 radical (unpaired) electrons. The fourth-order valence-corrected chi connectivity index (χ4v) is 5.40. The van der Waals surface area contributed by atoms with Crippen LogP contribution >= 0.6 is 11.3 Å². The number of anilines is 1. The van der Waals surface area contributed by atoms with Crippen LogP contribution in [0.5, 0.6) is 5.88 Å². The lowest BCUT2D eigenvalue weighted by atomic mass is 10.1. The Morgan fingerprint density at radius 1 is 1.21 bits per heavy atom. The summed E-state index contributed by atoms with van der Waals surface area (Å²) in [4.78, 5) is 26.0. The van der Waals surface area contributed by atoms with Crippen LogP contribution in [-0.2, 0) is 22.6 Å². The zero-order valence-electron chi connectivity index (χ0n) is 19.7. The molecule has 1 aromatic carbocycles. The number of nitrogens with zero attached hydrogens (tertiary/aromatic N) is 3. The largest absolute Gasteiger partial charge is 0.480 e. The molecular weight excluding hydrogens is 440 g/mol. The number of rotatable bonds is 7. The molecule has 1 aliphatic rings. The van der Waals surface area contributed by atoms with Crippen LogP contribution in [0.2, 0.25) is 0 Å². The standard InChI is InChI=1S/C24H30N4O4S/c1-14-10-28(11-15(2)32-14)12-17-8-6-7-9-18(17)25-22(29)21-16(3)20-23(31-5)26-19(13-30-4)27-24(20)33-21/h6-9,14-15H,10-13H2,1-5H3,(H,25,29). The SMILES string of the molecule is COCc1nc(OC)c2c(C)c(C(=O)Nc3ccccc3CN3CC(C)OC(C)C3)sc2n1. The van der Waals surface area contributed by atoms with E-state index in [9.17, 15) is 4.79 Å². The predicted molar refractivity (Wildman–Crippen MR) is 129 cm³/mol. The number of hydrogen-bond acceptors (Lipinski definition) is 8. The first kappa shape index (κ1) is 23.6. The molecule has 8 nitrogen and oxygen atoms in total. The summed E-state index contributed by atoms with van der Waals surface area (Å²) in [6, 6.07) is 7.94. The molecule has 2 aromatic heterocycles. The molecular formula is C24H30N4O4S. The third-order valence-electron chi connectivity index (χ3n) is 5.63. The Kier molecular flexibility index (Phi) is 7.23. The first-order valence-electron chi connectivity index (χ1n) is 11.0. The number of fused-ring (bicyclic) bond motifs is 1. The van der Waals surface area contributed by atoms with Gasteiger partial charge in [0.15, 0.2) is 5.82 Å². The number of para-hydroxylation sites is 1. The van der Waals surface area contributed by atoms with Gasteiger partial charge in [0, 0.05) is 32.4 Å².